The van der Waals surface area contributed by atoms with Gasteiger partial charge in [0.15, 0.2) is 0 Å². The van der Waals surface area contributed by atoms with Gasteiger partial charge in [-0.3, -0.25) is 14.5 Å². The lowest BCUT2D eigenvalue weighted by Gasteiger charge is -2.37. The molecule has 1 unspecified atom stereocenters. The average molecular weight is 258 g/mol. The minimum atomic E-state index is -0.873. The van der Waals surface area contributed by atoms with E-state index in [4.69, 9.17) is 9.84 Å². The molecule has 1 aliphatic heterocycles. The zero-order valence-corrected chi connectivity index (χ0v) is 11.2. The molecule has 1 atom stereocenters. The van der Waals surface area contributed by atoms with Gasteiger partial charge in [-0.1, -0.05) is 0 Å². The van der Waals surface area contributed by atoms with Crippen LogP contribution in [0.15, 0.2) is 0 Å². The largest absolute Gasteiger partial charge is 0.481 e. The third-order valence-electron chi connectivity index (χ3n) is 3.07. The third kappa shape index (κ3) is 3.68. The summed E-state index contributed by atoms with van der Waals surface area (Å²) in [6, 6.07) is -0.391. The van der Waals surface area contributed by atoms with Crippen molar-refractivity contribution in [3.05, 3.63) is 0 Å². The Bertz CT molecular complexity index is 317. The molecule has 1 rings (SSSR count). The summed E-state index contributed by atoms with van der Waals surface area (Å²) in [5, 5.41) is 11.9. The average Bonchev–Trinajstić information content (AvgIpc) is 2.29. The van der Waals surface area contributed by atoms with Crippen LogP contribution in [0.2, 0.25) is 0 Å². The molecule has 1 fully saturated rings. The van der Waals surface area contributed by atoms with E-state index < -0.39 is 17.4 Å². The molecule has 1 saturated heterocycles. The van der Waals surface area contributed by atoms with Crippen LogP contribution in [-0.4, -0.2) is 60.8 Å². The predicted octanol–water partition coefficient (Wildman–Crippen LogP) is -0.0659. The number of hydrogen-bond donors (Lipinski definition) is 2. The van der Waals surface area contributed by atoms with Crippen molar-refractivity contribution in [2.75, 3.05) is 32.8 Å². The van der Waals surface area contributed by atoms with Crippen LogP contribution in [0.5, 0.6) is 0 Å². The SMILES string of the molecule is CCNC(=O)C1COCCN1CC(C)(C)C(=O)O. The topological polar surface area (TPSA) is 78.9 Å². The van der Waals surface area contributed by atoms with Gasteiger partial charge in [0.1, 0.15) is 6.04 Å². The summed E-state index contributed by atoms with van der Waals surface area (Å²) in [5.74, 6) is -0.956. The van der Waals surface area contributed by atoms with Crippen molar-refractivity contribution in [3.63, 3.8) is 0 Å². The molecule has 2 N–H and O–H groups in total. The summed E-state index contributed by atoms with van der Waals surface area (Å²) >= 11 is 0. The Morgan fingerprint density at radius 2 is 2.17 bits per heavy atom. The molecule has 0 saturated carbocycles. The van der Waals surface area contributed by atoms with Gasteiger partial charge in [-0.25, -0.2) is 0 Å². The van der Waals surface area contributed by atoms with Crippen LogP contribution in [-0.2, 0) is 14.3 Å². The Morgan fingerprint density at radius 1 is 1.50 bits per heavy atom. The van der Waals surface area contributed by atoms with E-state index in [2.05, 4.69) is 5.32 Å². The smallest absolute Gasteiger partial charge is 0.310 e. The molecule has 0 aromatic heterocycles. The molecular weight excluding hydrogens is 236 g/mol. The lowest BCUT2D eigenvalue weighted by Crippen LogP contribution is -2.56. The van der Waals surface area contributed by atoms with E-state index in [0.29, 0.717) is 32.8 Å². The Hall–Kier alpha value is -1.14. The zero-order chi connectivity index (χ0) is 13.8. The highest BCUT2D eigenvalue weighted by Crippen LogP contribution is 2.20. The van der Waals surface area contributed by atoms with E-state index in [9.17, 15) is 9.59 Å². The highest BCUT2D eigenvalue weighted by atomic mass is 16.5. The minimum Gasteiger partial charge on any atom is -0.481 e. The van der Waals surface area contributed by atoms with Crippen LogP contribution >= 0.6 is 0 Å². The van der Waals surface area contributed by atoms with Crippen LogP contribution in [0.25, 0.3) is 0 Å². The molecule has 0 bridgehead atoms. The zero-order valence-electron chi connectivity index (χ0n) is 11.2. The highest BCUT2D eigenvalue weighted by molar-refractivity contribution is 5.82. The van der Waals surface area contributed by atoms with E-state index in [1.807, 2.05) is 11.8 Å². The fourth-order valence-electron chi connectivity index (χ4n) is 1.94. The number of carbonyl (C=O) groups excluding carboxylic acids is 1. The molecule has 0 aromatic rings. The normalized spacial score (nSPS) is 21.6. The van der Waals surface area contributed by atoms with E-state index in [0.717, 1.165) is 0 Å². The van der Waals surface area contributed by atoms with E-state index >= 15 is 0 Å². The molecule has 1 heterocycles. The van der Waals surface area contributed by atoms with Gasteiger partial charge in [0.05, 0.1) is 18.6 Å². The number of amides is 1. The van der Waals surface area contributed by atoms with Crippen molar-refractivity contribution in [2.45, 2.75) is 26.8 Å². The van der Waals surface area contributed by atoms with Gasteiger partial charge in [0, 0.05) is 19.6 Å². The second-order valence-electron chi connectivity index (χ2n) is 5.14. The number of carbonyl (C=O) groups is 2. The fraction of sp³-hybridized carbons (Fsp3) is 0.833. The van der Waals surface area contributed by atoms with Crippen LogP contribution in [0.4, 0.5) is 0 Å². The van der Waals surface area contributed by atoms with Crippen molar-refractivity contribution >= 4 is 11.9 Å². The fourth-order valence-corrected chi connectivity index (χ4v) is 1.94. The summed E-state index contributed by atoms with van der Waals surface area (Å²) in [7, 11) is 0. The maximum atomic E-state index is 11.9. The van der Waals surface area contributed by atoms with E-state index in [-0.39, 0.29) is 5.91 Å². The number of ether oxygens (including phenoxy) is 1. The molecule has 0 radical (unpaired) electrons. The standard InChI is InChI=1S/C12H22N2O4/c1-4-13-10(15)9-7-18-6-5-14(9)8-12(2,3)11(16)17/h9H,4-8H2,1-3H3,(H,13,15)(H,16,17). The first-order valence-electron chi connectivity index (χ1n) is 6.21. The lowest BCUT2D eigenvalue weighted by atomic mass is 9.92. The molecule has 1 amide bonds. The summed E-state index contributed by atoms with van der Waals surface area (Å²) in [6.07, 6.45) is 0. The van der Waals surface area contributed by atoms with Crippen molar-refractivity contribution in [2.24, 2.45) is 5.41 Å². The van der Waals surface area contributed by atoms with Crippen LogP contribution in [0.1, 0.15) is 20.8 Å². The number of morpholine rings is 1. The van der Waals surface area contributed by atoms with Crippen molar-refractivity contribution in [3.8, 4) is 0 Å². The molecular formula is C12H22N2O4. The first-order valence-corrected chi connectivity index (χ1v) is 6.21. The molecule has 0 spiro atoms. The number of aliphatic carboxylic acids is 1. The summed E-state index contributed by atoms with van der Waals surface area (Å²) in [5.41, 5.74) is -0.873. The van der Waals surface area contributed by atoms with Gasteiger partial charge < -0.3 is 15.2 Å². The Kier molecular flexibility index (Phi) is 5.10. The monoisotopic (exact) mass is 258 g/mol. The second kappa shape index (κ2) is 6.15. The number of nitrogens with zero attached hydrogens (tertiary/aromatic N) is 1. The van der Waals surface area contributed by atoms with Gasteiger partial charge in [0.25, 0.3) is 0 Å². The number of hydrogen-bond acceptors (Lipinski definition) is 4. The van der Waals surface area contributed by atoms with Crippen LogP contribution < -0.4 is 5.32 Å². The predicted molar refractivity (Wildman–Crippen MR) is 66.3 cm³/mol. The molecule has 18 heavy (non-hydrogen) atoms. The maximum Gasteiger partial charge on any atom is 0.310 e. The second-order valence-corrected chi connectivity index (χ2v) is 5.14. The Labute approximate surface area is 107 Å². The third-order valence-corrected chi connectivity index (χ3v) is 3.07. The Morgan fingerprint density at radius 3 is 2.72 bits per heavy atom. The molecule has 0 aromatic carbocycles. The van der Waals surface area contributed by atoms with Crippen LogP contribution in [0, 0.1) is 5.41 Å². The van der Waals surface area contributed by atoms with Crippen molar-refractivity contribution < 1.29 is 19.4 Å². The molecule has 104 valence electrons. The first-order chi connectivity index (χ1) is 8.38. The quantitative estimate of drug-likeness (QED) is 0.722. The van der Waals surface area contributed by atoms with E-state index in [1.54, 1.807) is 13.8 Å². The van der Waals surface area contributed by atoms with Gasteiger partial charge in [0.2, 0.25) is 5.91 Å². The van der Waals surface area contributed by atoms with Gasteiger partial charge in [-0.2, -0.15) is 0 Å². The van der Waals surface area contributed by atoms with Crippen molar-refractivity contribution in [1.29, 1.82) is 0 Å². The van der Waals surface area contributed by atoms with Gasteiger partial charge >= 0.3 is 5.97 Å². The molecule has 0 aliphatic carbocycles. The number of carboxylic acids is 1. The first kappa shape index (κ1) is 14.9. The summed E-state index contributed by atoms with van der Waals surface area (Å²) in [6.45, 7) is 7.52. The number of carboxylic acid groups (broad SMARTS) is 1. The maximum absolute atomic E-state index is 11.9. The number of rotatable bonds is 5. The van der Waals surface area contributed by atoms with Gasteiger partial charge in [-0.15, -0.1) is 0 Å². The number of likely N-dealkylation sites (N-methyl/N-ethyl adjacent to an activating group) is 1. The lowest BCUT2D eigenvalue weighted by molar-refractivity contribution is -0.151. The molecule has 6 heteroatoms. The Balaban J connectivity index is 2.71. The van der Waals surface area contributed by atoms with Crippen molar-refractivity contribution in [1.82, 2.24) is 10.2 Å². The van der Waals surface area contributed by atoms with Crippen LogP contribution in [0.3, 0.4) is 0 Å². The summed E-state index contributed by atoms with van der Waals surface area (Å²) < 4.78 is 5.30. The molecule has 6 nitrogen and oxygen atoms in total. The van der Waals surface area contributed by atoms with E-state index in [1.165, 1.54) is 0 Å². The van der Waals surface area contributed by atoms with Gasteiger partial charge in [-0.05, 0) is 20.8 Å². The summed E-state index contributed by atoms with van der Waals surface area (Å²) in [4.78, 5) is 24.9. The highest BCUT2D eigenvalue weighted by Gasteiger charge is 2.36. The minimum absolute atomic E-state index is 0.0987. The molecule has 1 aliphatic rings. The number of nitrogens with one attached hydrogen (secondary N) is 1.